The minimum Gasteiger partial charge on any atom is -0.361 e. The van der Waals surface area contributed by atoms with Crippen LogP contribution in [-0.2, 0) is 0 Å². The first-order chi connectivity index (χ1) is 6.72. The number of thioether (sulfide) groups is 1. The lowest BCUT2D eigenvalue weighted by Crippen LogP contribution is -2.12. The molecule has 0 atom stereocenters. The van der Waals surface area contributed by atoms with Crippen molar-refractivity contribution in [3.05, 3.63) is 6.20 Å². The third-order valence-corrected chi connectivity index (χ3v) is 2.41. The van der Waals surface area contributed by atoms with E-state index in [1.54, 1.807) is 6.20 Å². The average molecular weight is 209 g/mol. The van der Waals surface area contributed by atoms with Crippen molar-refractivity contribution in [2.45, 2.75) is 5.16 Å². The second-order valence-electron chi connectivity index (χ2n) is 3.06. The first-order valence-corrected chi connectivity index (χ1v) is 5.37. The Morgan fingerprint density at radius 3 is 2.79 bits per heavy atom. The molecule has 14 heavy (non-hydrogen) atoms. The van der Waals surface area contributed by atoms with Crippen molar-refractivity contribution in [2.75, 3.05) is 25.3 Å². The van der Waals surface area contributed by atoms with Crippen LogP contribution in [0.4, 0.5) is 5.82 Å². The van der Waals surface area contributed by atoms with Gasteiger partial charge in [0.15, 0.2) is 11.0 Å². The Balaban J connectivity index is 2.70. The quantitative estimate of drug-likeness (QED) is 0.593. The van der Waals surface area contributed by atoms with Crippen LogP contribution in [0.15, 0.2) is 11.4 Å². The predicted molar refractivity (Wildman–Crippen MR) is 57.8 cm³/mol. The third-order valence-electron chi connectivity index (χ3n) is 1.87. The molecule has 0 aliphatic heterocycles. The first kappa shape index (κ1) is 9.26. The normalized spacial score (nSPS) is 10.8. The van der Waals surface area contributed by atoms with Gasteiger partial charge in [-0.05, 0) is 6.26 Å². The fourth-order valence-electron chi connectivity index (χ4n) is 1.22. The summed E-state index contributed by atoms with van der Waals surface area (Å²) in [6.45, 7) is 0. The minimum atomic E-state index is 0.766. The number of hydrogen-bond donors (Lipinski definition) is 1. The Bertz CT molecular complexity index is 450. The van der Waals surface area contributed by atoms with E-state index in [-0.39, 0.29) is 0 Å². The molecule has 0 saturated heterocycles. The zero-order valence-corrected chi connectivity index (χ0v) is 9.09. The average Bonchev–Trinajstić information content (AvgIpc) is 2.63. The van der Waals surface area contributed by atoms with E-state index < -0.39 is 0 Å². The Morgan fingerprint density at radius 1 is 1.36 bits per heavy atom. The molecule has 2 aromatic rings. The molecule has 0 unspecified atom stereocenters. The molecule has 2 rings (SSSR count). The van der Waals surface area contributed by atoms with Crippen molar-refractivity contribution in [2.24, 2.45) is 0 Å². The molecule has 5 nitrogen and oxygen atoms in total. The zero-order chi connectivity index (χ0) is 10.1. The second kappa shape index (κ2) is 3.45. The van der Waals surface area contributed by atoms with E-state index in [9.17, 15) is 0 Å². The summed E-state index contributed by atoms with van der Waals surface area (Å²) in [5.74, 6) is 0.872. The van der Waals surface area contributed by atoms with Crippen molar-refractivity contribution in [3.8, 4) is 0 Å². The number of aromatic amines is 1. The molecular weight excluding hydrogens is 198 g/mol. The molecule has 0 bridgehead atoms. The van der Waals surface area contributed by atoms with Gasteiger partial charge in [0.2, 0.25) is 0 Å². The molecule has 0 radical (unpaired) electrons. The van der Waals surface area contributed by atoms with Crippen LogP contribution in [0.25, 0.3) is 11.0 Å². The fourth-order valence-corrected chi connectivity index (χ4v) is 1.59. The number of H-pyrrole nitrogens is 1. The summed E-state index contributed by atoms with van der Waals surface area (Å²) >= 11 is 1.53. The summed E-state index contributed by atoms with van der Waals surface area (Å²) in [6.07, 6.45) is 3.67. The lowest BCUT2D eigenvalue weighted by Gasteiger charge is -2.12. The number of aromatic nitrogens is 4. The van der Waals surface area contributed by atoms with Crippen LogP contribution < -0.4 is 4.90 Å². The Labute approximate surface area is 85.9 Å². The maximum atomic E-state index is 4.40. The van der Waals surface area contributed by atoms with Gasteiger partial charge in [-0.25, -0.2) is 9.97 Å². The molecule has 6 heteroatoms. The summed E-state index contributed by atoms with van der Waals surface area (Å²) < 4.78 is 0. The monoisotopic (exact) mass is 209 g/mol. The topological polar surface area (TPSA) is 57.7 Å². The van der Waals surface area contributed by atoms with Gasteiger partial charge in [0.1, 0.15) is 11.0 Å². The summed E-state index contributed by atoms with van der Waals surface area (Å²) in [6, 6.07) is 0. The maximum Gasteiger partial charge on any atom is 0.190 e. The number of nitrogens with one attached hydrogen (secondary N) is 1. The molecule has 0 aromatic carbocycles. The minimum absolute atomic E-state index is 0.766. The zero-order valence-electron chi connectivity index (χ0n) is 8.27. The summed E-state index contributed by atoms with van der Waals surface area (Å²) in [4.78, 5) is 10.7. The van der Waals surface area contributed by atoms with Gasteiger partial charge in [-0.15, -0.1) is 0 Å². The highest BCUT2D eigenvalue weighted by molar-refractivity contribution is 7.98. The van der Waals surface area contributed by atoms with Crippen molar-refractivity contribution < 1.29 is 0 Å². The van der Waals surface area contributed by atoms with E-state index in [2.05, 4.69) is 20.2 Å². The number of nitrogens with zero attached hydrogens (tertiary/aromatic N) is 4. The third kappa shape index (κ3) is 1.41. The Kier molecular flexibility index (Phi) is 2.28. The molecule has 0 amide bonds. The van der Waals surface area contributed by atoms with Crippen molar-refractivity contribution >= 4 is 28.6 Å². The highest BCUT2D eigenvalue weighted by Gasteiger charge is 2.09. The van der Waals surface area contributed by atoms with Crippen LogP contribution in [0.5, 0.6) is 0 Å². The van der Waals surface area contributed by atoms with E-state index in [1.165, 1.54) is 11.8 Å². The summed E-state index contributed by atoms with van der Waals surface area (Å²) in [5.41, 5.74) is 1.74. The molecule has 0 aliphatic rings. The molecule has 2 aromatic heterocycles. The second-order valence-corrected chi connectivity index (χ2v) is 3.83. The smallest absolute Gasteiger partial charge is 0.190 e. The van der Waals surface area contributed by atoms with E-state index in [0.717, 1.165) is 22.0 Å². The molecular formula is C8H11N5S. The molecule has 0 aliphatic carbocycles. The van der Waals surface area contributed by atoms with Gasteiger partial charge in [-0.2, -0.15) is 5.10 Å². The molecule has 0 spiro atoms. The molecule has 74 valence electrons. The van der Waals surface area contributed by atoms with Crippen LogP contribution in [0.3, 0.4) is 0 Å². The lowest BCUT2D eigenvalue weighted by atomic mass is 10.4. The summed E-state index contributed by atoms with van der Waals surface area (Å²) in [5, 5.41) is 7.62. The van der Waals surface area contributed by atoms with E-state index in [0.29, 0.717) is 0 Å². The SMILES string of the molecule is CSc1nc(N(C)C)c2[nH]ncc2n1. The number of anilines is 1. The van der Waals surface area contributed by atoms with Gasteiger partial charge < -0.3 is 4.90 Å². The standard InChI is InChI=1S/C8H11N5S/c1-13(2)7-6-5(4-9-12-6)10-8(11-7)14-3/h4H,1-3H3,(H,9,12). The highest BCUT2D eigenvalue weighted by atomic mass is 32.2. The van der Waals surface area contributed by atoms with Gasteiger partial charge in [-0.3, -0.25) is 5.10 Å². The lowest BCUT2D eigenvalue weighted by molar-refractivity contribution is 0.957. The fraction of sp³-hybridized carbons (Fsp3) is 0.375. The van der Waals surface area contributed by atoms with E-state index in [4.69, 9.17) is 0 Å². The first-order valence-electron chi connectivity index (χ1n) is 4.15. The summed E-state index contributed by atoms with van der Waals surface area (Å²) in [7, 11) is 3.90. The molecule has 2 heterocycles. The van der Waals surface area contributed by atoms with Gasteiger partial charge in [-0.1, -0.05) is 11.8 Å². The van der Waals surface area contributed by atoms with Crippen LogP contribution in [0, 0.1) is 0 Å². The van der Waals surface area contributed by atoms with Crippen LogP contribution in [-0.4, -0.2) is 40.5 Å². The van der Waals surface area contributed by atoms with Crippen molar-refractivity contribution in [1.82, 2.24) is 20.2 Å². The molecule has 0 saturated carbocycles. The molecule has 0 fully saturated rings. The van der Waals surface area contributed by atoms with Crippen LogP contribution in [0.1, 0.15) is 0 Å². The van der Waals surface area contributed by atoms with Crippen LogP contribution in [0.2, 0.25) is 0 Å². The predicted octanol–water partition coefficient (Wildman–Crippen LogP) is 1.14. The number of hydrogen-bond acceptors (Lipinski definition) is 5. The van der Waals surface area contributed by atoms with E-state index >= 15 is 0 Å². The molecule has 1 N–H and O–H groups in total. The van der Waals surface area contributed by atoms with Crippen LogP contribution >= 0.6 is 11.8 Å². The maximum absolute atomic E-state index is 4.40. The number of fused-ring (bicyclic) bond motifs is 1. The van der Waals surface area contributed by atoms with Gasteiger partial charge in [0.05, 0.1) is 6.20 Å². The largest absolute Gasteiger partial charge is 0.361 e. The van der Waals surface area contributed by atoms with Crippen molar-refractivity contribution in [3.63, 3.8) is 0 Å². The van der Waals surface area contributed by atoms with E-state index in [1.807, 2.05) is 25.3 Å². The van der Waals surface area contributed by atoms with Crippen molar-refractivity contribution in [1.29, 1.82) is 0 Å². The number of rotatable bonds is 2. The highest BCUT2D eigenvalue weighted by Crippen LogP contribution is 2.22. The van der Waals surface area contributed by atoms with Gasteiger partial charge in [0.25, 0.3) is 0 Å². The Morgan fingerprint density at radius 2 is 2.14 bits per heavy atom. The Hall–Kier alpha value is -1.30. The van der Waals surface area contributed by atoms with Gasteiger partial charge in [0, 0.05) is 14.1 Å². The van der Waals surface area contributed by atoms with Gasteiger partial charge >= 0.3 is 0 Å².